The van der Waals surface area contributed by atoms with Crippen LogP contribution in [0.1, 0.15) is 12.8 Å². The topological polar surface area (TPSA) is 37.3 Å². The Hall–Kier alpha value is 1.21. The second-order valence-electron chi connectivity index (χ2n) is 3.33. The van der Waals surface area contributed by atoms with Crippen molar-refractivity contribution in [2.75, 3.05) is 0 Å². The zero-order chi connectivity index (χ0) is 12.1. The minimum absolute atomic E-state index is 0.0985. The maximum absolute atomic E-state index is 10.9. The molecule has 0 spiro atoms. The molecular weight excluding hydrogens is 329 g/mol. The van der Waals surface area contributed by atoms with Gasteiger partial charge in [0.2, 0.25) is 0 Å². The van der Waals surface area contributed by atoms with Crippen molar-refractivity contribution in [1.82, 2.24) is 0 Å². The molecule has 0 aromatic heterocycles. The zero-order valence-corrected chi connectivity index (χ0v) is 11.7. The van der Waals surface area contributed by atoms with Crippen LogP contribution in [0.3, 0.4) is 0 Å². The van der Waals surface area contributed by atoms with Crippen molar-refractivity contribution in [3.05, 3.63) is 0 Å². The smallest absolute Gasteiger partial charge is 0.309 e. The van der Waals surface area contributed by atoms with Crippen molar-refractivity contribution in [1.29, 1.82) is 0 Å². The van der Waals surface area contributed by atoms with Gasteiger partial charge in [-0.05, 0) is 12.8 Å². The van der Waals surface area contributed by atoms with Crippen LogP contribution in [0.5, 0.6) is 0 Å². The van der Waals surface area contributed by atoms with E-state index in [4.69, 9.17) is 74.7 Å². The van der Waals surface area contributed by atoms with Gasteiger partial charge in [-0.25, -0.2) is 0 Å². The second kappa shape index (κ2) is 4.15. The highest BCUT2D eigenvalue weighted by atomic mass is 35.5. The molecule has 1 aliphatic carbocycles. The summed E-state index contributed by atoms with van der Waals surface area (Å²) in [4.78, 5) is 10.9. The quantitative estimate of drug-likeness (QED) is 0.736. The van der Waals surface area contributed by atoms with Crippen molar-refractivity contribution in [2.45, 2.75) is 25.8 Å². The van der Waals surface area contributed by atoms with Crippen molar-refractivity contribution < 1.29 is 9.90 Å². The summed E-state index contributed by atoms with van der Waals surface area (Å²) in [6, 6.07) is 0. The molecule has 0 bridgehead atoms. The fraction of sp³-hybridized carbons (Fsp3) is 0.857. The van der Waals surface area contributed by atoms with Crippen LogP contribution >= 0.6 is 69.6 Å². The van der Waals surface area contributed by atoms with E-state index < -0.39 is 24.9 Å². The van der Waals surface area contributed by atoms with E-state index in [0.717, 1.165) is 0 Å². The van der Waals surface area contributed by atoms with Crippen LogP contribution in [0.15, 0.2) is 0 Å². The predicted octanol–water partition coefficient (Wildman–Crippen LogP) is 4.00. The Labute approximate surface area is 117 Å². The number of carboxylic acid groups (broad SMARTS) is 1. The van der Waals surface area contributed by atoms with Gasteiger partial charge in [0.25, 0.3) is 0 Å². The molecule has 1 rings (SSSR count). The van der Waals surface area contributed by atoms with Gasteiger partial charge in [-0.3, -0.25) is 4.79 Å². The molecule has 0 radical (unpaired) electrons. The van der Waals surface area contributed by atoms with Crippen LogP contribution in [-0.4, -0.2) is 24.1 Å². The van der Waals surface area contributed by atoms with Gasteiger partial charge in [0.05, 0.1) is 5.92 Å². The first-order valence-corrected chi connectivity index (χ1v) is 6.17. The Morgan fingerprint density at radius 3 is 2.00 bits per heavy atom. The molecule has 8 heteroatoms. The highest BCUT2D eigenvalue weighted by Gasteiger charge is 2.67. The number of carbonyl (C=O) groups is 1. The SMILES string of the molecule is O=C(O)C1CCC(Cl)(Cl)C(Cl)(Cl)C1(Cl)Cl. The standard InChI is InChI=1S/C7H6Cl6O2/c8-5(9)2-1-3(4(14)15)6(10,11)7(5,12)13/h3H,1-2H2,(H,14,15). The largest absolute Gasteiger partial charge is 0.481 e. The summed E-state index contributed by atoms with van der Waals surface area (Å²) in [7, 11) is 0. The van der Waals surface area contributed by atoms with Gasteiger partial charge in [0, 0.05) is 0 Å². The number of aliphatic carboxylic acids is 1. The maximum atomic E-state index is 10.9. The van der Waals surface area contributed by atoms with E-state index in [2.05, 4.69) is 0 Å². The summed E-state index contributed by atoms with van der Waals surface area (Å²) in [6.45, 7) is 0. The van der Waals surface area contributed by atoms with Crippen LogP contribution in [0.4, 0.5) is 0 Å². The van der Waals surface area contributed by atoms with E-state index in [-0.39, 0.29) is 12.8 Å². The molecule has 2 nitrogen and oxygen atoms in total. The minimum Gasteiger partial charge on any atom is -0.481 e. The number of hydrogen-bond acceptors (Lipinski definition) is 1. The Bertz CT molecular complexity index is 287. The molecule has 1 aliphatic rings. The van der Waals surface area contributed by atoms with E-state index in [1.807, 2.05) is 0 Å². The molecular formula is C7H6Cl6O2. The molecule has 1 fully saturated rings. The monoisotopic (exact) mass is 332 g/mol. The molecule has 0 aliphatic heterocycles. The third kappa shape index (κ3) is 2.14. The van der Waals surface area contributed by atoms with Crippen LogP contribution in [0.25, 0.3) is 0 Å². The lowest BCUT2D eigenvalue weighted by molar-refractivity contribution is -0.143. The lowest BCUT2D eigenvalue weighted by Crippen LogP contribution is -2.59. The third-order valence-electron chi connectivity index (χ3n) is 2.36. The van der Waals surface area contributed by atoms with Crippen molar-refractivity contribution in [3.63, 3.8) is 0 Å². The summed E-state index contributed by atoms with van der Waals surface area (Å²) in [6.07, 6.45) is 0.206. The predicted molar refractivity (Wildman–Crippen MR) is 63.7 cm³/mol. The van der Waals surface area contributed by atoms with Gasteiger partial charge >= 0.3 is 5.97 Å². The van der Waals surface area contributed by atoms with E-state index in [1.54, 1.807) is 0 Å². The number of alkyl halides is 6. The first-order valence-electron chi connectivity index (χ1n) is 3.90. The zero-order valence-electron chi connectivity index (χ0n) is 7.11. The highest BCUT2D eigenvalue weighted by molar-refractivity contribution is 6.70. The number of rotatable bonds is 1. The highest BCUT2D eigenvalue weighted by Crippen LogP contribution is 2.62. The van der Waals surface area contributed by atoms with Crippen molar-refractivity contribution >= 4 is 75.6 Å². The number of carboxylic acids is 1. The summed E-state index contributed by atoms with van der Waals surface area (Å²) >= 11 is 35.2. The minimum atomic E-state index is -1.95. The molecule has 1 saturated carbocycles. The van der Waals surface area contributed by atoms with E-state index in [1.165, 1.54) is 0 Å². The van der Waals surface area contributed by atoms with Crippen LogP contribution in [0.2, 0.25) is 0 Å². The summed E-state index contributed by atoms with van der Waals surface area (Å²) in [5.41, 5.74) is 0. The molecule has 15 heavy (non-hydrogen) atoms. The molecule has 0 amide bonds. The number of halogens is 6. The molecule has 0 saturated heterocycles. The number of hydrogen-bond donors (Lipinski definition) is 1. The second-order valence-corrected chi connectivity index (χ2v) is 7.53. The Morgan fingerprint density at radius 2 is 1.60 bits per heavy atom. The van der Waals surface area contributed by atoms with Gasteiger partial charge in [-0.2, -0.15) is 0 Å². The fourth-order valence-electron chi connectivity index (χ4n) is 1.41. The van der Waals surface area contributed by atoms with Gasteiger partial charge in [-0.15, -0.1) is 0 Å². The van der Waals surface area contributed by atoms with Gasteiger partial charge in [0.15, 0.2) is 13.0 Å². The average molecular weight is 335 g/mol. The fourth-order valence-corrected chi connectivity index (χ4v) is 3.29. The first kappa shape index (κ1) is 14.3. The molecule has 88 valence electrons. The molecule has 1 unspecified atom stereocenters. The molecule has 1 atom stereocenters. The molecule has 0 heterocycles. The van der Waals surface area contributed by atoms with Gasteiger partial charge in [0.1, 0.15) is 0 Å². The first-order chi connectivity index (χ1) is 6.54. The van der Waals surface area contributed by atoms with Crippen LogP contribution in [0, 0.1) is 5.92 Å². The Balaban J connectivity index is 3.15. The van der Waals surface area contributed by atoms with Gasteiger partial charge in [-0.1, -0.05) is 69.6 Å². The third-order valence-corrected chi connectivity index (χ3v) is 6.41. The normalized spacial score (nSPS) is 32.3. The maximum Gasteiger partial charge on any atom is 0.309 e. The average Bonchev–Trinajstić information content (AvgIpc) is 2.00. The summed E-state index contributed by atoms with van der Waals surface area (Å²) in [5.74, 6) is -2.30. The lowest BCUT2D eigenvalue weighted by Gasteiger charge is -2.47. The Morgan fingerprint density at radius 1 is 1.13 bits per heavy atom. The molecule has 0 aromatic carbocycles. The lowest BCUT2D eigenvalue weighted by atomic mass is 9.86. The van der Waals surface area contributed by atoms with Crippen molar-refractivity contribution in [2.24, 2.45) is 5.92 Å². The van der Waals surface area contributed by atoms with E-state index in [9.17, 15) is 4.79 Å². The van der Waals surface area contributed by atoms with Crippen LogP contribution < -0.4 is 0 Å². The molecule has 1 N–H and O–H groups in total. The van der Waals surface area contributed by atoms with Crippen molar-refractivity contribution in [3.8, 4) is 0 Å². The Kier molecular flexibility index (Phi) is 3.95. The van der Waals surface area contributed by atoms with E-state index >= 15 is 0 Å². The molecule has 0 aromatic rings. The summed E-state index contributed by atoms with van der Waals surface area (Å²) < 4.78 is -5.47. The van der Waals surface area contributed by atoms with E-state index in [0.29, 0.717) is 0 Å². The van der Waals surface area contributed by atoms with Crippen LogP contribution in [-0.2, 0) is 4.79 Å². The summed E-state index contributed by atoms with van der Waals surface area (Å²) in [5, 5.41) is 8.90. The van der Waals surface area contributed by atoms with Gasteiger partial charge < -0.3 is 5.11 Å².